The standard InChI is InChI=1S/C15H14ClFO2/c1-15(18,10-4-3-5-12(17)8-10)13-9-11(16)6-7-14(13)19-2/h3-9,18H,1-2H3. The van der Waals surface area contributed by atoms with E-state index in [0.717, 1.165) is 0 Å². The molecule has 0 radical (unpaired) electrons. The molecule has 2 nitrogen and oxygen atoms in total. The van der Waals surface area contributed by atoms with Crippen molar-refractivity contribution < 1.29 is 14.2 Å². The summed E-state index contributed by atoms with van der Waals surface area (Å²) in [5.74, 6) is 0.0948. The van der Waals surface area contributed by atoms with Crippen LogP contribution in [0.15, 0.2) is 42.5 Å². The number of ether oxygens (including phenoxy) is 1. The predicted octanol–water partition coefficient (Wildman–Crippen LogP) is 3.74. The zero-order chi connectivity index (χ0) is 14.0. The highest BCUT2D eigenvalue weighted by molar-refractivity contribution is 6.30. The lowest BCUT2D eigenvalue weighted by Gasteiger charge is -2.26. The Morgan fingerprint density at radius 2 is 1.95 bits per heavy atom. The van der Waals surface area contributed by atoms with Crippen LogP contribution in [0.4, 0.5) is 4.39 Å². The third kappa shape index (κ3) is 2.72. The number of aliphatic hydroxyl groups is 1. The molecule has 1 N–H and O–H groups in total. The van der Waals surface area contributed by atoms with Gasteiger partial charge in [0.25, 0.3) is 0 Å². The van der Waals surface area contributed by atoms with Gasteiger partial charge >= 0.3 is 0 Å². The van der Waals surface area contributed by atoms with E-state index in [2.05, 4.69) is 0 Å². The van der Waals surface area contributed by atoms with Gasteiger partial charge < -0.3 is 9.84 Å². The highest BCUT2D eigenvalue weighted by atomic mass is 35.5. The van der Waals surface area contributed by atoms with Gasteiger partial charge in [-0.3, -0.25) is 0 Å². The van der Waals surface area contributed by atoms with Gasteiger partial charge in [-0.1, -0.05) is 23.7 Å². The second-order valence-electron chi connectivity index (χ2n) is 4.43. The zero-order valence-electron chi connectivity index (χ0n) is 10.7. The minimum absolute atomic E-state index is 0.404. The summed E-state index contributed by atoms with van der Waals surface area (Å²) in [6, 6.07) is 10.8. The Morgan fingerprint density at radius 1 is 1.21 bits per heavy atom. The van der Waals surface area contributed by atoms with E-state index >= 15 is 0 Å². The summed E-state index contributed by atoms with van der Waals surface area (Å²) in [4.78, 5) is 0. The molecule has 0 heterocycles. The molecule has 2 aromatic carbocycles. The molecule has 0 aliphatic carbocycles. The van der Waals surface area contributed by atoms with Gasteiger partial charge in [-0.05, 0) is 42.8 Å². The number of methoxy groups -OCH3 is 1. The first-order chi connectivity index (χ1) is 8.95. The molecule has 2 aromatic rings. The van der Waals surface area contributed by atoms with Crippen molar-refractivity contribution in [2.24, 2.45) is 0 Å². The zero-order valence-corrected chi connectivity index (χ0v) is 11.4. The van der Waals surface area contributed by atoms with Gasteiger partial charge in [0.2, 0.25) is 0 Å². The third-order valence-corrected chi connectivity index (χ3v) is 3.31. The molecular formula is C15H14ClFO2. The van der Waals surface area contributed by atoms with Gasteiger partial charge in [-0.2, -0.15) is 0 Å². The van der Waals surface area contributed by atoms with Crippen molar-refractivity contribution in [2.75, 3.05) is 7.11 Å². The van der Waals surface area contributed by atoms with Crippen LogP contribution in [0.1, 0.15) is 18.1 Å². The molecule has 100 valence electrons. The third-order valence-electron chi connectivity index (χ3n) is 3.07. The first-order valence-electron chi connectivity index (χ1n) is 5.77. The van der Waals surface area contributed by atoms with Crippen LogP contribution in [0.2, 0.25) is 5.02 Å². The Balaban J connectivity index is 2.58. The maximum Gasteiger partial charge on any atom is 0.125 e. The topological polar surface area (TPSA) is 29.5 Å². The van der Waals surface area contributed by atoms with E-state index in [1.165, 1.54) is 19.2 Å². The fourth-order valence-corrected chi connectivity index (χ4v) is 2.18. The molecule has 0 saturated carbocycles. The van der Waals surface area contributed by atoms with E-state index in [1.807, 2.05) is 0 Å². The molecule has 0 aliphatic heterocycles. The minimum atomic E-state index is -1.39. The molecule has 0 saturated heterocycles. The van der Waals surface area contributed by atoms with E-state index in [9.17, 15) is 9.50 Å². The number of hydrogen-bond acceptors (Lipinski definition) is 2. The molecule has 1 unspecified atom stereocenters. The fraction of sp³-hybridized carbons (Fsp3) is 0.200. The van der Waals surface area contributed by atoms with E-state index in [4.69, 9.17) is 16.3 Å². The van der Waals surface area contributed by atoms with Gasteiger partial charge in [-0.25, -0.2) is 4.39 Å². The minimum Gasteiger partial charge on any atom is -0.496 e. The molecule has 19 heavy (non-hydrogen) atoms. The van der Waals surface area contributed by atoms with Gasteiger partial charge in [0, 0.05) is 10.6 Å². The Morgan fingerprint density at radius 3 is 2.58 bits per heavy atom. The molecule has 2 rings (SSSR count). The molecule has 0 fully saturated rings. The predicted molar refractivity (Wildman–Crippen MR) is 73.1 cm³/mol. The second-order valence-corrected chi connectivity index (χ2v) is 4.86. The van der Waals surface area contributed by atoms with Crippen LogP contribution in [0, 0.1) is 5.82 Å². The van der Waals surface area contributed by atoms with Crippen LogP contribution in [0.3, 0.4) is 0 Å². The van der Waals surface area contributed by atoms with Crippen molar-refractivity contribution in [1.82, 2.24) is 0 Å². The summed E-state index contributed by atoms with van der Waals surface area (Å²) in [5.41, 5.74) is -0.459. The maximum absolute atomic E-state index is 13.3. The summed E-state index contributed by atoms with van der Waals surface area (Å²) in [7, 11) is 1.51. The van der Waals surface area contributed by atoms with Gasteiger partial charge in [0.15, 0.2) is 0 Å². The molecular weight excluding hydrogens is 267 g/mol. The molecule has 0 bridgehead atoms. The Kier molecular flexibility index (Phi) is 3.78. The van der Waals surface area contributed by atoms with Crippen molar-refractivity contribution in [1.29, 1.82) is 0 Å². The fourth-order valence-electron chi connectivity index (χ4n) is 2.01. The van der Waals surface area contributed by atoms with E-state index < -0.39 is 11.4 Å². The van der Waals surface area contributed by atoms with Crippen molar-refractivity contribution in [3.05, 3.63) is 64.4 Å². The average molecular weight is 281 g/mol. The van der Waals surface area contributed by atoms with Crippen LogP contribution in [0.25, 0.3) is 0 Å². The smallest absolute Gasteiger partial charge is 0.125 e. The summed E-state index contributed by atoms with van der Waals surface area (Å²) >= 11 is 5.96. The lowest BCUT2D eigenvalue weighted by atomic mass is 9.87. The monoisotopic (exact) mass is 280 g/mol. The largest absolute Gasteiger partial charge is 0.496 e. The summed E-state index contributed by atoms with van der Waals surface area (Å²) in [6.07, 6.45) is 0. The van der Waals surface area contributed by atoms with E-state index in [-0.39, 0.29) is 0 Å². The van der Waals surface area contributed by atoms with Crippen LogP contribution in [-0.2, 0) is 5.60 Å². The first kappa shape index (κ1) is 13.8. The molecule has 0 amide bonds. The van der Waals surface area contributed by atoms with Gasteiger partial charge in [0.05, 0.1) is 7.11 Å². The lowest BCUT2D eigenvalue weighted by molar-refractivity contribution is 0.0986. The van der Waals surface area contributed by atoms with Gasteiger partial charge in [-0.15, -0.1) is 0 Å². The number of benzene rings is 2. The van der Waals surface area contributed by atoms with Crippen LogP contribution >= 0.6 is 11.6 Å². The van der Waals surface area contributed by atoms with Crippen molar-refractivity contribution in [3.8, 4) is 5.75 Å². The van der Waals surface area contributed by atoms with Crippen LogP contribution < -0.4 is 4.74 Å². The Bertz CT molecular complexity index is 596. The summed E-state index contributed by atoms with van der Waals surface area (Å²) in [6.45, 7) is 1.58. The molecule has 0 aromatic heterocycles. The molecule has 0 aliphatic rings. The van der Waals surface area contributed by atoms with Crippen molar-refractivity contribution in [3.63, 3.8) is 0 Å². The molecule has 4 heteroatoms. The first-order valence-corrected chi connectivity index (χ1v) is 6.15. The number of rotatable bonds is 3. The number of halogens is 2. The highest BCUT2D eigenvalue weighted by Crippen LogP contribution is 2.37. The SMILES string of the molecule is COc1ccc(Cl)cc1C(C)(O)c1cccc(F)c1. The van der Waals surface area contributed by atoms with E-state index in [0.29, 0.717) is 21.9 Å². The quantitative estimate of drug-likeness (QED) is 0.928. The second kappa shape index (κ2) is 5.19. The Labute approximate surface area is 116 Å². The lowest BCUT2D eigenvalue weighted by Crippen LogP contribution is -2.23. The van der Waals surface area contributed by atoms with Crippen molar-refractivity contribution >= 4 is 11.6 Å². The van der Waals surface area contributed by atoms with Crippen molar-refractivity contribution in [2.45, 2.75) is 12.5 Å². The maximum atomic E-state index is 13.3. The number of hydrogen-bond donors (Lipinski definition) is 1. The van der Waals surface area contributed by atoms with Crippen LogP contribution in [-0.4, -0.2) is 12.2 Å². The van der Waals surface area contributed by atoms with Gasteiger partial charge in [0.1, 0.15) is 17.2 Å². The molecule has 0 spiro atoms. The van der Waals surface area contributed by atoms with Crippen LogP contribution in [0.5, 0.6) is 5.75 Å². The Hall–Kier alpha value is -1.58. The van der Waals surface area contributed by atoms with E-state index in [1.54, 1.807) is 37.3 Å². The average Bonchev–Trinajstić information content (AvgIpc) is 2.38. The molecule has 1 atom stereocenters. The highest BCUT2D eigenvalue weighted by Gasteiger charge is 2.29. The summed E-state index contributed by atoms with van der Waals surface area (Å²) in [5, 5.41) is 11.2. The normalized spacial score (nSPS) is 13.9. The summed E-state index contributed by atoms with van der Waals surface area (Å²) < 4.78 is 18.5.